The topological polar surface area (TPSA) is 66.4 Å². The van der Waals surface area contributed by atoms with Crippen LogP contribution in [0.3, 0.4) is 0 Å². The molecule has 0 heterocycles. The lowest BCUT2D eigenvalue weighted by Crippen LogP contribution is -2.59. The van der Waals surface area contributed by atoms with Gasteiger partial charge < -0.3 is 10.4 Å². The van der Waals surface area contributed by atoms with Crippen molar-refractivity contribution in [1.29, 1.82) is 0 Å². The zero-order valence-electron chi connectivity index (χ0n) is 10.3. The van der Waals surface area contributed by atoms with Gasteiger partial charge in [-0.1, -0.05) is 30.3 Å². The minimum Gasteiger partial charge on any atom is -0.480 e. The molecule has 1 aromatic rings. The second-order valence-corrected chi connectivity index (χ2v) is 4.86. The number of amides is 1. The summed E-state index contributed by atoms with van der Waals surface area (Å²) in [6.45, 7) is 1.79. The van der Waals surface area contributed by atoms with E-state index in [1.807, 2.05) is 30.3 Å². The van der Waals surface area contributed by atoms with Crippen molar-refractivity contribution in [3.8, 4) is 0 Å². The van der Waals surface area contributed by atoms with Gasteiger partial charge in [0.05, 0.1) is 5.92 Å². The molecule has 0 unspecified atom stereocenters. The molecule has 1 saturated carbocycles. The number of carbonyl (C=O) groups excluding carboxylic acids is 1. The van der Waals surface area contributed by atoms with E-state index >= 15 is 0 Å². The number of hydrogen-bond acceptors (Lipinski definition) is 2. The average Bonchev–Trinajstić information content (AvgIpc) is 2.33. The van der Waals surface area contributed by atoms with E-state index < -0.39 is 11.5 Å². The molecule has 4 nitrogen and oxygen atoms in total. The molecular weight excluding hydrogens is 230 g/mol. The molecular formula is C14H17NO3. The number of carbonyl (C=O) groups is 2. The van der Waals surface area contributed by atoms with E-state index in [9.17, 15) is 14.7 Å². The highest BCUT2D eigenvalue weighted by molar-refractivity contribution is 5.90. The first-order valence-corrected chi connectivity index (χ1v) is 6.15. The van der Waals surface area contributed by atoms with E-state index in [4.69, 9.17) is 0 Å². The molecule has 18 heavy (non-hydrogen) atoms. The second kappa shape index (κ2) is 4.80. The van der Waals surface area contributed by atoms with Crippen LogP contribution in [0, 0.1) is 0 Å². The van der Waals surface area contributed by atoms with Gasteiger partial charge in [-0.2, -0.15) is 0 Å². The van der Waals surface area contributed by atoms with Crippen molar-refractivity contribution < 1.29 is 14.7 Å². The zero-order valence-corrected chi connectivity index (χ0v) is 10.3. The standard InChI is InChI=1S/C14H17NO3/c1-10(11-6-3-2-4-7-11)12(16)15-14(13(17)18)8-5-9-14/h2-4,6-7,10H,5,8-9H2,1H3,(H,15,16)(H,17,18)/t10-/m1/s1. The molecule has 1 atom stereocenters. The van der Waals surface area contributed by atoms with Crippen LogP contribution in [0.4, 0.5) is 0 Å². The van der Waals surface area contributed by atoms with E-state index in [0.717, 1.165) is 12.0 Å². The molecule has 0 bridgehead atoms. The predicted molar refractivity (Wildman–Crippen MR) is 67.2 cm³/mol. The van der Waals surface area contributed by atoms with Crippen molar-refractivity contribution in [1.82, 2.24) is 5.32 Å². The van der Waals surface area contributed by atoms with E-state index in [2.05, 4.69) is 5.32 Å². The highest BCUT2D eigenvalue weighted by Gasteiger charge is 2.46. The summed E-state index contributed by atoms with van der Waals surface area (Å²) in [7, 11) is 0. The normalized spacial score (nSPS) is 18.5. The van der Waals surface area contributed by atoms with Crippen LogP contribution in [-0.2, 0) is 9.59 Å². The summed E-state index contributed by atoms with van der Waals surface area (Å²) in [5, 5.41) is 11.9. The molecule has 1 fully saturated rings. The van der Waals surface area contributed by atoms with Crippen molar-refractivity contribution in [2.24, 2.45) is 0 Å². The lowest BCUT2D eigenvalue weighted by atomic mass is 9.76. The fourth-order valence-corrected chi connectivity index (χ4v) is 2.16. The largest absolute Gasteiger partial charge is 0.480 e. The number of benzene rings is 1. The fourth-order valence-electron chi connectivity index (χ4n) is 2.16. The van der Waals surface area contributed by atoms with E-state index in [0.29, 0.717) is 12.8 Å². The Labute approximate surface area is 106 Å². The molecule has 2 rings (SSSR count). The zero-order chi connectivity index (χ0) is 13.2. The molecule has 0 spiro atoms. The van der Waals surface area contributed by atoms with Crippen LogP contribution in [0.25, 0.3) is 0 Å². The molecule has 0 saturated heterocycles. The minimum atomic E-state index is -1.03. The Hall–Kier alpha value is -1.84. The van der Waals surface area contributed by atoms with Gasteiger partial charge in [0.25, 0.3) is 0 Å². The Morgan fingerprint density at radius 3 is 2.33 bits per heavy atom. The number of hydrogen-bond donors (Lipinski definition) is 2. The summed E-state index contributed by atoms with van der Waals surface area (Å²) in [6, 6.07) is 9.38. The quantitative estimate of drug-likeness (QED) is 0.854. The Morgan fingerprint density at radius 1 is 1.28 bits per heavy atom. The predicted octanol–water partition coefficient (Wildman–Crippen LogP) is 1.91. The maximum atomic E-state index is 12.1. The van der Waals surface area contributed by atoms with Gasteiger partial charge in [0.1, 0.15) is 5.54 Å². The summed E-state index contributed by atoms with van der Waals surface area (Å²) < 4.78 is 0. The molecule has 0 aromatic heterocycles. The minimum absolute atomic E-state index is 0.219. The van der Waals surface area contributed by atoms with Crippen LogP contribution in [-0.4, -0.2) is 22.5 Å². The second-order valence-electron chi connectivity index (χ2n) is 4.86. The number of carboxylic acid groups (broad SMARTS) is 1. The fraction of sp³-hybridized carbons (Fsp3) is 0.429. The van der Waals surface area contributed by atoms with Crippen LogP contribution in [0.5, 0.6) is 0 Å². The first kappa shape index (κ1) is 12.6. The molecule has 2 N–H and O–H groups in total. The van der Waals surface area contributed by atoms with Gasteiger partial charge in [0.15, 0.2) is 0 Å². The van der Waals surface area contributed by atoms with E-state index in [-0.39, 0.29) is 11.8 Å². The number of rotatable bonds is 4. The monoisotopic (exact) mass is 247 g/mol. The van der Waals surface area contributed by atoms with Crippen molar-refractivity contribution in [2.75, 3.05) is 0 Å². The summed E-state index contributed by atoms with van der Waals surface area (Å²) >= 11 is 0. The Kier molecular flexibility index (Phi) is 3.36. The molecule has 4 heteroatoms. The molecule has 1 amide bonds. The first-order valence-electron chi connectivity index (χ1n) is 6.15. The number of nitrogens with one attached hydrogen (secondary N) is 1. The van der Waals surface area contributed by atoms with E-state index in [1.54, 1.807) is 6.92 Å². The van der Waals surface area contributed by atoms with Gasteiger partial charge in [0.2, 0.25) is 5.91 Å². The SMILES string of the molecule is C[C@@H](C(=O)NC1(C(=O)O)CCC1)c1ccccc1. The van der Waals surface area contributed by atoms with Crippen LogP contribution in [0.2, 0.25) is 0 Å². The highest BCUT2D eigenvalue weighted by atomic mass is 16.4. The van der Waals surface area contributed by atoms with Crippen molar-refractivity contribution in [3.63, 3.8) is 0 Å². The van der Waals surface area contributed by atoms with Crippen molar-refractivity contribution >= 4 is 11.9 Å². The third-order valence-electron chi connectivity index (χ3n) is 3.67. The van der Waals surface area contributed by atoms with Crippen LogP contribution in [0.15, 0.2) is 30.3 Å². The van der Waals surface area contributed by atoms with Crippen molar-refractivity contribution in [3.05, 3.63) is 35.9 Å². The Morgan fingerprint density at radius 2 is 1.89 bits per heavy atom. The van der Waals surface area contributed by atoms with Gasteiger partial charge in [0, 0.05) is 0 Å². The number of aliphatic carboxylic acids is 1. The Balaban J connectivity index is 2.06. The summed E-state index contributed by atoms with van der Waals surface area (Å²) in [6.07, 6.45) is 1.90. The van der Waals surface area contributed by atoms with Gasteiger partial charge in [-0.25, -0.2) is 4.79 Å². The molecule has 1 aliphatic rings. The maximum Gasteiger partial charge on any atom is 0.329 e. The third kappa shape index (κ3) is 2.23. The third-order valence-corrected chi connectivity index (χ3v) is 3.67. The van der Waals surface area contributed by atoms with Gasteiger partial charge in [-0.15, -0.1) is 0 Å². The van der Waals surface area contributed by atoms with Crippen LogP contribution >= 0.6 is 0 Å². The molecule has 0 aliphatic heterocycles. The van der Waals surface area contributed by atoms with Crippen LogP contribution in [0.1, 0.15) is 37.7 Å². The molecule has 1 aliphatic carbocycles. The first-order chi connectivity index (χ1) is 8.55. The van der Waals surface area contributed by atoms with Gasteiger partial charge in [-0.05, 0) is 31.7 Å². The summed E-state index contributed by atoms with van der Waals surface area (Å²) in [5.41, 5.74) is -0.130. The maximum absolute atomic E-state index is 12.1. The summed E-state index contributed by atoms with van der Waals surface area (Å²) in [4.78, 5) is 23.3. The van der Waals surface area contributed by atoms with Gasteiger partial charge in [-0.3, -0.25) is 4.79 Å². The van der Waals surface area contributed by atoms with Crippen molar-refractivity contribution in [2.45, 2.75) is 37.6 Å². The molecule has 1 aromatic carbocycles. The highest BCUT2D eigenvalue weighted by Crippen LogP contribution is 2.32. The summed E-state index contributed by atoms with van der Waals surface area (Å²) in [5.74, 6) is -1.48. The molecule has 0 radical (unpaired) electrons. The lowest BCUT2D eigenvalue weighted by molar-refractivity contribution is -0.152. The smallest absolute Gasteiger partial charge is 0.329 e. The van der Waals surface area contributed by atoms with Crippen LogP contribution < -0.4 is 5.32 Å². The Bertz CT molecular complexity index is 451. The number of carboxylic acids is 1. The average molecular weight is 247 g/mol. The lowest BCUT2D eigenvalue weighted by Gasteiger charge is -2.38. The van der Waals surface area contributed by atoms with E-state index in [1.165, 1.54) is 0 Å². The van der Waals surface area contributed by atoms with Gasteiger partial charge >= 0.3 is 5.97 Å². The molecule has 96 valence electrons.